The van der Waals surface area contributed by atoms with E-state index in [4.69, 9.17) is 10.5 Å². The molecule has 2 aromatic carbocycles. The quantitative estimate of drug-likeness (QED) is 0.776. The first-order chi connectivity index (χ1) is 11.1. The van der Waals surface area contributed by atoms with Gasteiger partial charge in [0.25, 0.3) is 5.91 Å². The Balaban J connectivity index is 1.69. The molecule has 0 unspecified atom stereocenters. The number of ether oxygens (including phenoxy) is 1. The second-order valence-electron chi connectivity index (χ2n) is 4.98. The van der Waals surface area contributed by atoms with Crippen molar-refractivity contribution in [2.24, 2.45) is 7.05 Å². The van der Waals surface area contributed by atoms with Crippen molar-refractivity contribution < 1.29 is 9.53 Å². The highest BCUT2D eigenvalue weighted by Crippen LogP contribution is 2.23. The zero-order chi connectivity index (χ0) is 16.2. The first-order valence-corrected chi connectivity index (χ1v) is 7.04. The van der Waals surface area contributed by atoms with Gasteiger partial charge >= 0.3 is 0 Å². The Hall–Kier alpha value is -3.28. The molecule has 0 fully saturated rings. The molecule has 0 spiro atoms. The molecule has 0 atom stereocenters. The van der Waals surface area contributed by atoms with Crippen LogP contribution in [0.25, 0.3) is 0 Å². The van der Waals surface area contributed by atoms with E-state index in [1.165, 1.54) is 6.33 Å². The number of para-hydroxylation sites is 1. The van der Waals surface area contributed by atoms with E-state index < -0.39 is 0 Å². The summed E-state index contributed by atoms with van der Waals surface area (Å²) in [5, 5.41) is 2.78. The number of hydrogen-bond acceptors (Lipinski definition) is 4. The largest absolute Gasteiger partial charge is 0.457 e. The molecular weight excluding hydrogens is 292 g/mol. The third kappa shape index (κ3) is 3.32. The van der Waals surface area contributed by atoms with Crippen LogP contribution in [0, 0.1) is 0 Å². The van der Waals surface area contributed by atoms with Crippen molar-refractivity contribution in [2.75, 3.05) is 11.1 Å². The maximum atomic E-state index is 12.2. The van der Waals surface area contributed by atoms with Crippen LogP contribution in [-0.2, 0) is 7.05 Å². The van der Waals surface area contributed by atoms with Gasteiger partial charge in [-0.3, -0.25) is 4.79 Å². The first-order valence-electron chi connectivity index (χ1n) is 7.04. The summed E-state index contributed by atoms with van der Waals surface area (Å²) >= 11 is 0. The van der Waals surface area contributed by atoms with E-state index in [2.05, 4.69) is 10.3 Å². The highest BCUT2D eigenvalue weighted by molar-refractivity contribution is 6.06. The fraction of sp³-hybridized carbons (Fsp3) is 0.0588. The zero-order valence-corrected chi connectivity index (χ0v) is 12.6. The summed E-state index contributed by atoms with van der Waals surface area (Å²) in [7, 11) is 1.72. The Kier molecular flexibility index (Phi) is 3.97. The van der Waals surface area contributed by atoms with Gasteiger partial charge < -0.3 is 20.4 Å². The minimum absolute atomic E-state index is 0.203. The van der Waals surface area contributed by atoms with Gasteiger partial charge in [0.1, 0.15) is 11.5 Å². The summed E-state index contributed by atoms with van der Waals surface area (Å²) in [4.78, 5) is 16.1. The maximum Gasteiger partial charge on any atom is 0.276 e. The zero-order valence-electron chi connectivity index (χ0n) is 12.6. The number of nitrogens with one attached hydrogen (secondary N) is 1. The van der Waals surface area contributed by atoms with Crippen LogP contribution in [0.15, 0.2) is 60.9 Å². The second kappa shape index (κ2) is 6.23. The van der Waals surface area contributed by atoms with E-state index in [-0.39, 0.29) is 11.7 Å². The molecule has 3 aromatic rings. The van der Waals surface area contributed by atoms with Crippen molar-refractivity contribution in [3.63, 3.8) is 0 Å². The van der Waals surface area contributed by atoms with E-state index in [1.54, 1.807) is 35.9 Å². The number of carbonyl (C=O) groups is 1. The lowest BCUT2D eigenvalue weighted by atomic mass is 10.3. The van der Waals surface area contributed by atoms with E-state index >= 15 is 0 Å². The molecule has 3 N–H and O–H groups in total. The van der Waals surface area contributed by atoms with E-state index in [1.807, 2.05) is 30.3 Å². The van der Waals surface area contributed by atoms with Crippen LogP contribution in [0.3, 0.4) is 0 Å². The molecular formula is C17H16N4O2. The molecule has 23 heavy (non-hydrogen) atoms. The number of hydrogen-bond donors (Lipinski definition) is 2. The van der Waals surface area contributed by atoms with Crippen LogP contribution in [0.1, 0.15) is 10.5 Å². The molecule has 0 saturated carbocycles. The average molecular weight is 308 g/mol. The number of nitrogens with zero attached hydrogens (tertiary/aromatic N) is 2. The van der Waals surface area contributed by atoms with Gasteiger partial charge in [0, 0.05) is 12.7 Å². The highest BCUT2D eigenvalue weighted by atomic mass is 16.5. The van der Waals surface area contributed by atoms with Crippen molar-refractivity contribution in [2.45, 2.75) is 0 Å². The Labute approximate surface area is 133 Å². The summed E-state index contributed by atoms with van der Waals surface area (Å²) < 4.78 is 7.28. The van der Waals surface area contributed by atoms with Gasteiger partial charge in [-0.15, -0.1) is 0 Å². The molecule has 0 aliphatic carbocycles. The smallest absolute Gasteiger partial charge is 0.276 e. The van der Waals surface area contributed by atoms with Crippen molar-refractivity contribution >= 4 is 17.4 Å². The number of amides is 1. The number of aromatic nitrogens is 2. The summed E-state index contributed by atoms with van der Waals surface area (Å²) in [6, 6.07) is 16.6. The predicted molar refractivity (Wildman–Crippen MR) is 88.5 cm³/mol. The van der Waals surface area contributed by atoms with E-state index in [9.17, 15) is 4.79 Å². The molecule has 1 amide bonds. The molecule has 116 valence electrons. The Morgan fingerprint density at radius 1 is 1.09 bits per heavy atom. The monoisotopic (exact) mass is 308 g/mol. The SMILES string of the molecule is Cn1cnc(N)c1C(=O)Nc1ccc(Oc2ccccc2)cc1. The molecule has 1 aromatic heterocycles. The molecule has 1 heterocycles. The van der Waals surface area contributed by atoms with E-state index in [0.717, 1.165) is 5.75 Å². The molecule has 6 heteroatoms. The van der Waals surface area contributed by atoms with Crippen LogP contribution in [0.4, 0.5) is 11.5 Å². The average Bonchev–Trinajstić information content (AvgIpc) is 2.89. The third-order valence-corrected chi connectivity index (χ3v) is 3.27. The lowest BCUT2D eigenvalue weighted by Crippen LogP contribution is -2.17. The van der Waals surface area contributed by atoms with Gasteiger partial charge in [-0.1, -0.05) is 18.2 Å². The van der Waals surface area contributed by atoms with Gasteiger partial charge in [-0.05, 0) is 36.4 Å². The van der Waals surface area contributed by atoms with Crippen LogP contribution in [-0.4, -0.2) is 15.5 Å². The van der Waals surface area contributed by atoms with Crippen molar-refractivity contribution in [1.82, 2.24) is 9.55 Å². The Morgan fingerprint density at radius 2 is 1.74 bits per heavy atom. The van der Waals surface area contributed by atoms with Crippen LogP contribution < -0.4 is 15.8 Å². The predicted octanol–water partition coefficient (Wildman–Crippen LogP) is 3.05. The number of carbonyl (C=O) groups excluding carboxylic acids is 1. The number of imidazole rings is 1. The van der Waals surface area contributed by atoms with Gasteiger partial charge in [0.05, 0.1) is 6.33 Å². The Bertz CT molecular complexity index is 791. The number of benzene rings is 2. The molecule has 6 nitrogen and oxygen atoms in total. The summed E-state index contributed by atoms with van der Waals surface area (Å²) in [5.41, 5.74) is 6.67. The molecule has 0 radical (unpaired) electrons. The topological polar surface area (TPSA) is 82.2 Å². The first kappa shape index (κ1) is 14.6. The van der Waals surface area contributed by atoms with Gasteiger partial charge in [-0.25, -0.2) is 4.98 Å². The molecule has 0 aliphatic rings. The number of aryl methyl sites for hydroxylation is 1. The van der Waals surface area contributed by atoms with Gasteiger partial charge in [0.2, 0.25) is 0 Å². The minimum Gasteiger partial charge on any atom is -0.457 e. The Morgan fingerprint density at radius 3 is 2.35 bits per heavy atom. The van der Waals surface area contributed by atoms with Gasteiger partial charge in [0.15, 0.2) is 11.5 Å². The number of nitrogen functional groups attached to an aromatic ring is 1. The number of anilines is 2. The highest BCUT2D eigenvalue weighted by Gasteiger charge is 2.15. The minimum atomic E-state index is -0.306. The van der Waals surface area contributed by atoms with Crippen LogP contribution in [0.5, 0.6) is 11.5 Å². The molecule has 0 aliphatic heterocycles. The molecule has 0 bridgehead atoms. The van der Waals surface area contributed by atoms with Crippen molar-refractivity contribution in [3.05, 3.63) is 66.6 Å². The van der Waals surface area contributed by atoms with E-state index in [0.29, 0.717) is 17.1 Å². The molecule has 0 saturated heterocycles. The normalized spacial score (nSPS) is 10.3. The number of rotatable bonds is 4. The maximum absolute atomic E-state index is 12.2. The van der Waals surface area contributed by atoms with Crippen LogP contribution in [0.2, 0.25) is 0 Å². The lowest BCUT2D eigenvalue weighted by Gasteiger charge is -2.08. The lowest BCUT2D eigenvalue weighted by molar-refractivity contribution is 0.102. The summed E-state index contributed by atoms with van der Waals surface area (Å²) in [5.74, 6) is 1.34. The summed E-state index contributed by atoms with van der Waals surface area (Å²) in [6.45, 7) is 0. The second-order valence-corrected chi connectivity index (χ2v) is 4.98. The van der Waals surface area contributed by atoms with Crippen LogP contribution >= 0.6 is 0 Å². The van der Waals surface area contributed by atoms with Gasteiger partial charge in [-0.2, -0.15) is 0 Å². The van der Waals surface area contributed by atoms with Crippen molar-refractivity contribution in [3.8, 4) is 11.5 Å². The standard InChI is InChI=1S/C17H16N4O2/c1-21-11-19-16(18)15(21)17(22)20-12-7-9-14(10-8-12)23-13-5-3-2-4-6-13/h2-11H,18H2,1H3,(H,20,22). The third-order valence-electron chi connectivity index (χ3n) is 3.27. The molecule has 3 rings (SSSR count). The number of nitrogens with two attached hydrogens (primary N) is 1. The fourth-order valence-corrected chi connectivity index (χ4v) is 2.15. The fourth-order valence-electron chi connectivity index (χ4n) is 2.15. The van der Waals surface area contributed by atoms with Crippen molar-refractivity contribution in [1.29, 1.82) is 0 Å². The summed E-state index contributed by atoms with van der Waals surface area (Å²) in [6.07, 6.45) is 1.50.